The lowest BCUT2D eigenvalue weighted by atomic mass is 10.2. The zero-order valence-corrected chi connectivity index (χ0v) is 18.8. The molecule has 0 unspecified atom stereocenters. The Hall–Kier alpha value is -1.81. The Morgan fingerprint density at radius 2 is 1.97 bits per heavy atom. The maximum atomic E-state index is 12.9. The Bertz CT molecular complexity index is 966. The maximum absolute atomic E-state index is 12.9. The number of sulfonamides is 1. The zero-order chi connectivity index (χ0) is 21.0. The van der Waals surface area contributed by atoms with Crippen molar-refractivity contribution in [3.8, 4) is 0 Å². The van der Waals surface area contributed by atoms with E-state index in [1.807, 2.05) is 32.0 Å². The largest absolute Gasteiger partial charge is 0.325 e. The fourth-order valence-corrected chi connectivity index (χ4v) is 5.80. The van der Waals surface area contributed by atoms with E-state index in [0.717, 1.165) is 34.7 Å². The monoisotopic (exact) mass is 436 g/mol. The molecule has 2 heterocycles. The third kappa shape index (κ3) is 5.63. The molecule has 0 radical (unpaired) electrons. The Morgan fingerprint density at radius 3 is 2.62 bits per heavy atom. The molecule has 1 amide bonds. The number of carbonyl (C=O) groups is 1. The van der Waals surface area contributed by atoms with E-state index in [2.05, 4.69) is 10.3 Å². The number of likely N-dealkylation sites (N-methyl/N-ethyl adjacent to an activating group) is 1. The summed E-state index contributed by atoms with van der Waals surface area (Å²) in [5, 5.41) is 3.87. The minimum Gasteiger partial charge on any atom is -0.325 e. The summed E-state index contributed by atoms with van der Waals surface area (Å²) in [7, 11) is -1.66. The van der Waals surface area contributed by atoms with E-state index < -0.39 is 10.0 Å². The number of piperidine rings is 1. The summed E-state index contributed by atoms with van der Waals surface area (Å²) in [4.78, 5) is 20.0. The number of aromatic nitrogens is 1. The predicted molar refractivity (Wildman–Crippen MR) is 116 cm³/mol. The molecule has 9 heteroatoms. The van der Waals surface area contributed by atoms with Crippen LogP contribution in [0.15, 0.2) is 29.3 Å². The second-order valence-electron chi connectivity index (χ2n) is 7.51. The van der Waals surface area contributed by atoms with Crippen molar-refractivity contribution < 1.29 is 13.2 Å². The van der Waals surface area contributed by atoms with E-state index in [1.54, 1.807) is 29.5 Å². The van der Waals surface area contributed by atoms with E-state index >= 15 is 0 Å². The molecule has 0 spiro atoms. The minimum absolute atomic E-state index is 0.177. The minimum atomic E-state index is -3.53. The number of hydrogen-bond acceptors (Lipinski definition) is 6. The first-order chi connectivity index (χ1) is 13.8. The van der Waals surface area contributed by atoms with Gasteiger partial charge in [0.1, 0.15) is 0 Å². The molecular weight excluding hydrogens is 408 g/mol. The zero-order valence-electron chi connectivity index (χ0n) is 17.1. The van der Waals surface area contributed by atoms with Crippen molar-refractivity contribution in [3.63, 3.8) is 0 Å². The first kappa shape index (κ1) is 21.9. The Labute approximate surface area is 176 Å². The average molecular weight is 437 g/mol. The van der Waals surface area contributed by atoms with Gasteiger partial charge in [-0.05, 0) is 51.4 Å². The number of carbonyl (C=O) groups excluding carboxylic acids is 1. The maximum Gasteiger partial charge on any atom is 0.243 e. The van der Waals surface area contributed by atoms with Crippen LogP contribution in [0.4, 0.5) is 5.69 Å². The van der Waals surface area contributed by atoms with Gasteiger partial charge in [0.2, 0.25) is 15.9 Å². The van der Waals surface area contributed by atoms with E-state index in [-0.39, 0.29) is 17.3 Å². The number of benzene rings is 1. The van der Waals surface area contributed by atoms with Gasteiger partial charge in [-0.15, -0.1) is 11.3 Å². The number of thiazole rings is 1. The van der Waals surface area contributed by atoms with Gasteiger partial charge in [-0.25, -0.2) is 13.4 Å². The first-order valence-electron chi connectivity index (χ1n) is 9.76. The summed E-state index contributed by atoms with van der Waals surface area (Å²) in [5.74, 6) is -0.177. The summed E-state index contributed by atoms with van der Waals surface area (Å²) in [5.41, 5.74) is 1.37. The highest BCUT2D eigenvalue weighted by atomic mass is 32.2. The predicted octanol–water partition coefficient (Wildman–Crippen LogP) is 3.01. The van der Waals surface area contributed by atoms with Crippen LogP contribution < -0.4 is 5.32 Å². The molecular formula is C20H28N4O3S2. The van der Waals surface area contributed by atoms with E-state index in [0.29, 0.717) is 25.3 Å². The van der Waals surface area contributed by atoms with Gasteiger partial charge in [0, 0.05) is 36.4 Å². The second-order valence-corrected chi connectivity index (χ2v) is 10.8. The van der Waals surface area contributed by atoms with Gasteiger partial charge in [-0.2, -0.15) is 4.31 Å². The molecule has 1 aliphatic rings. The highest BCUT2D eigenvalue weighted by molar-refractivity contribution is 7.89. The molecule has 3 rings (SSSR count). The van der Waals surface area contributed by atoms with Gasteiger partial charge >= 0.3 is 0 Å². The van der Waals surface area contributed by atoms with Gasteiger partial charge < -0.3 is 5.32 Å². The molecule has 1 N–H and O–H groups in total. The molecule has 1 aromatic heterocycles. The summed E-state index contributed by atoms with van der Waals surface area (Å²) in [6, 6.07) is 4.94. The molecule has 1 saturated heterocycles. The van der Waals surface area contributed by atoms with Crippen molar-refractivity contribution in [3.05, 3.63) is 39.8 Å². The Balaban J connectivity index is 1.67. The van der Waals surface area contributed by atoms with Gasteiger partial charge in [0.15, 0.2) is 0 Å². The summed E-state index contributed by atoms with van der Waals surface area (Å²) in [6.07, 6.45) is 4.67. The van der Waals surface area contributed by atoms with Crippen molar-refractivity contribution in [2.75, 3.05) is 32.0 Å². The lowest BCUT2D eigenvalue weighted by Gasteiger charge is -2.26. The third-order valence-corrected chi connectivity index (χ3v) is 7.74. The average Bonchev–Trinajstić information content (AvgIpc) is 3.08. The third-order valence-electron chi connectivity index (χ3n) is 4.94. The van der Waals surface area contributed by atoms with Gasteiger partial charge in [0.05, 0.1) is 16.4 Å². The summed E-state index contributed by atoms with van der Waals surface area (Å²) in [6.45, 7) is 5.77. The molecule has 158 valence electrons. The van der Waals surface area contributed by atoms with E-state index in [1.165, 1.54) is 4.31 Å². The molecule has 2 aromatic rings. The van der Waals surface area contributed by atoms with E-state index in [4.69, 9.17) is 0 Å². The van der Waals surface area contributed by atoms with Crippen LogP contribution in [0.1, 0.15) is 34.7 Å². The number of nitrogens with one attached hydrogen (secondary N) is 1. The smallest absolute Gasteiger partial charge is 0.243 e. The van der Waals surface area contributed by atoms with Gasteiger partial charge in [0.25, 0.3) is 0 Å². The van der Waals surface area contributed by atoms with Crippen LogP contribution >= 0.6 is 11.3 Å². The van der Waals surface area contributed by atoms with Crippen molar-refractivity contribution in [2.24, 2.45) is 0 Å². The molecule has 1 fully saturated rings. The SMILES string of the molecule is Cc1ncc(CN(C)CC(=O)Nc2cc(S(=O)(=O)N3CCCCC3)ccc2C)s1. The van der Waals surface area contributed by atoms with Crippen LogP contribution in [0, 0.1) is 13.8 Å². The van der Waals surface area contributed by atoms with Crippen molar-refractivity contribution in [2.45, 2.75) is 44.6 Å². The van der Waals surface area contributed by atoms with Crippen LogP contribution in [-0.2, 0) is 21.4 Å². The van der Waals surface area contributed by atoms with Crippen LogP contribution in [-0.4, -0.2) is 55.2 Å². The molecule has 7 nitrogen and oxygen atoms in total. The Kier molecular flexibility index (Phi) is 7.05. The number of amides is 1. The quantitative estimate of drug-likeness (QED) is 0.721. The van der Waals surface area contributed by atoms with Crippen molar-refractivity contribution >= 4 is 33.0 Å². The molecule has 0 aliphatic carbocycles. The van der Waals surface area contributed by atoms with Crippen molar-refractivity contribution in [1.29, 1.82) is 0 Å². The summed E-state index contributed by atoms with van der Waals surface area (Å²) < 4.78 is 27.4. The Morgan fingerprint density at radius 1 is 1.24 bits per heavy atom. The number of anilines is 1. The number of hydrogen-bond donors (Lipinski definition) is 1. The topological polar surface area (TPSA) is 82.6 Å². The molecule has 0 bridgehead atoms. The number of rotatable bonds is 7. The number of nitrogens with zero attached hydrogens (tertiary/aromatic N) is 3. The van der Waals surface area contributed by atoms with Crippen LogP contribution in [0.25, 0.3) is 0 Å². The molecule has 29 heavy (non-hydrogen) atoms. The highest BCUT2D eigenvalue weighted by Crippen LogP contribution is 2.25. The van der Waals surface area contributed by atoms with Crippen LogP contribution in [0.2, 0.25) is 0 Å². The first-order valence-corrected chi connectivity index (χ1v) is 12.0. The number of aryl methyl sites for hydroxylation is 2. The van der Waals surface area contributed by atoms with Crippen LogP contribution in [0.3, 0.4) is 0 Å². The fourth-order valence-electron chi connectivity index (χ4n) is 3.39. The second kappa shape index (κ2) is 9.34. The lowest BCUT2D eigenvalue weighted by Crippen LogP contribution is -2.35. The standard InChI is InChI=1S/C20H28N4O3S2/c1-15-7-8-18(29(26,27)24-9-5-4-6-10-24)11-19(15)22-20(25)14-23(3)13-17-12-21-16(2)28-17/h7-8,11-12H,4-6,9-10,13-14H2,1-3H3,(H,22,25). The molecule has 0 atom stereocenters. The lowest BCUT2D eigenvalue weighted by molar-refractivity contribution is -0.117. The molecule has 1 aromatic carbocycles. The van der Waals surface area contributed by atoms with Crippen LogP contribution in [0.5, 0.6) is 0 Å². The highest BCUT2D eigenvalue weighted by Gasteiger charge is 2.26. The normalized spacial score (nSPS) is 15.6. The van der Waals surface area contributed by atoms with Gasteiger partial charge in [-0.1, -0.05) is 12.5 Å². The molecule has 0 saturated carbocycles. The van der Waals surface area contributed by atoms with Crippen molar-refractivity contribution in [1.82, 2.24) is 14.2 Å². The van der Waals surface area contributed by atoms with Gasteiger partial charge in [-0.3, -0.25) is 9.69 Å². The summed E-state index contributed by atoms with van der Waals surface area (Å²) >= 11 is 1.61. The van der Waals surface area contributed by atoms with E-state index in [9.17, 15) is 13.2 Å². The fraction of sp³-hybridized carbons (Fsp3) is 0.500. The molecule has 1 aliphatic heterocycles.